The van der Waals surface area contributed by atoms with Crippen LogP contribution in [0, 0.1) is 0 Å². The number of hydrogen-bond donors (Lipinski definition) is 2. The van der Waals surface area contributed by atoms with Crippen molar-refractivity contribution in [2.24, 2.45) is 5.14 Å². The Morgan fingerprint density at radius 1 is 0.968 bits per heavy atom. The van der Waals surface area contributed by atoms with Crippen LogP contribution in [-0.2, 0) is 15.0 Å². The molecule has 1 heterocycles. The van der Waals surface area contributed by atoms with Gasteiger partial charge in [-0.1, -0.05) is 12.6 Å². The van der Waals surface area contributed by atoms with Gasteiger partial charge in [-0.25, -0.2) is 5.14 Å². The number of carbonyl (C=O) groups is 1. The van der Waals surface area contributed by atoms with E-state index >= 15 is 0 Å². The first kappa shape index (κ1) is 22.2. The van der Waals surface area contributed by atoms with Crippen LogP contribution < -0.4 is 33.7 Å². The summed E-state index contributed by atoms with van der Waals surface area (Å²) < 4.78 is 46.5. The zero-order chi connectivity index (χ0) is 22.9. The topological polar surface area (TPSA) is 129 Å². The standard InChI is InChI=1S/C20H23N3O7S/c1-11-18(12-6-7-15(27-2)14(8-12)22-31(21,25)26)23(20(11)24)13-9-16(28-3)19(30-5)17(10-13)29-4/h6-10,18,22H,1H2,2-5H3,(H2,21,25,26). The number of β-lactam (4-membered cyclic amide) rings is 1. The highest BCUT2D eigenvalue weighted by molar-refractivity contribution is 7.90. The molecule has 0 radical (unpaired) electrons. The highest BCUT2D eigenvalue weighted by Crippen LogP contribution is 2.48. The van der Waals surface area contributed by atoms with Crippen LogP contribution in [0.3, 0.4) is 0 Å². The summed E-state index contributed by atoms with van der Waals surface area (Å²) in [5.74, 6) is 1.13. The summed E-state index contributed by atoms with van der Waals surface area (Å²) >= 11 is 0. The van der Waals surface area contributed by atoms with E-state index in [0.717, 1.165) is 0 Å². The van der Waals surface area contributed by atoms with Crippen molar-refractivity contribution in [2.45, 2.75) is 6.04 Å². The molecule has 2 aromatic rings. The van der Waals surface area contributed by atoms with Crippen LogP contribution in [0.15, 0.2) is 42.5 Å². The Bertz CT molecular complexity index is 1120. The van der Waals surface area contributed by atoms with E-state index in [9.17, 15) is 13.2 Å². The van der Waals surface area contributed by atoms with Crippen molar-refractivity contribution in [3.05, 3.63) is 48.0 Å². The molecule has 0 aliphatic carbocycles. The predicted octanol–water partition coefficient (Wildman–Crippen LogP) is 1.98. The number of amides is 1. The first-order valence-electron chi connectivity index (χ1n) is 8.96. The summed E-state index contributed by atoms with van der Waals surface area (Å²) in [6.45, 7) is 3.87. The van der Waals surface area contributed by atoms with Crippen molar-refractivity contribution in [2.75, 3.05) is 38.1 Å². The maximum absolute atomic E-state index is 12.7. The fraction of sp³-hybridized carbons (Fsp3) is 0.250. The number of ether oxygens (including phenoxy) is 4. The van der Waals surface area contributed by atoms with Crippen LogP contribution in [0.25, 0.3) is 0 Å². The monoisotopic (exact) mass is 449 g/mol. The van der Waals surface area contributed by atoms with Crippen molar-refractivity contribution in [1.82, 2.24) is 0 Å². The second-order valence-electron chi connectivity index (χ2n) is 6.59. The summed E-state index contributed by atoms with van der Waals surface area (Å²) in [5, 5.41) is 5.11. The number of carbonyl (C=O) groups excluding carboxylic acids is 1. The number of hydrogen-bond acceptors (Lipinski definition) is 7. The molecular weight excluding hydrogens is 426 g/mol. The molecule has 11 heteroatoms. The number of benzene rings is 2. The Morgan fingerprint density at radius 2 is 1.55 bits per heavy atom. The first-order valence-corrected chi connectivity index (χ1v) is 10.5. The summed E-state index contributed by atoms with van der Waals surface area (Å²) in [4.78, 5) is 14.2. The maximum Gasteiger partial charge on any atom is 0.296 e. The smallest absolute Gasteiger partial charge is 0.296 e. The molecule has 3 rings (SSSR count). The quantitative estimate of drug-likeness (QED) is 0.466. The van der Waals surface area contributed by atoms with Gasteiger partial charge in [0.25, 0.3) is 16.1 Å². The molecule has 0 saturated carbocycles. The van der Waals surface area contributed by atoms with Crippen LogP contribution in [-0.4, -0.2) is 42.8 Å². The van der Waals surface area contributed by atoms with Crippen molar-refractivity contribution in [1.29, 1.82) is 0 Å². The molecule has 2 aromatic carbocycles. The average Bonchev–Trinajstić information content (AvgIpc) is 2.74. The van der Waals surface area contributed by atoms with E-state index in [1.807, 2.05) is 0 Å². The lowest BCUT2D eigenvalue weighted by Gasteiger charge is -2.43. The van der Waals surface area contributed by atoms with E-state index in [0.29, 0.717) is 34.1 Å². The Morgan fingerprint density at radius 3 is 2.03 bits per heavy atom. The second-order valence-corrected chi connectivity index (χ2v) is 7.89. The maximum atomic E-state index is 12.7. The number of nitrogens with two attached hydrogens (primary N) is 1. The van der Waals surface area contributed by atoms with Gasteiger partial charge in [0.2, 0.25) is 5.75 Å². The minimum Gasteiger partial charge on any atom is -0.495 e. The summed E-state index contributed by atoms with van der Waals surface area (Å²) in [7, 11) is 1.80. The van der Waals surface area contributed by atoms with E-state index in [1.165, 1.54) is 39.4 Å². The van der Waals surface area contributed by atoms with Gasteiger partial charge in [-0.05, 0) is 17.7 Å². The molecule has 31 heavy (non-hydrogen) atoms. The number of anilines is 2. The minimum absolute atomic E-state index is 0.138. The Labute approximate surface area is 180 Å². The number of methoxy groups -OCH3 is 4. The Balaban J connectivity index is 2.08. The minimum atomic E-state index is -4.04. The summed E-state index contributed by atoms with van der Waals surface area (Å²) in [6, 6.07) is 7.56. The van der Waals surface area contributed by atoms with Gasteiger partial charge in [-0.15, -0.1) is 0 Å². The van der Waals surface area contributed by atoms with Gasteiger partial charge in [0.15, 0.2) is 11.5 Å². The number of nitrogens with one attached hydrogen (secondary N) is 1. The number of rotatable bonds is 8. The third-order valence-electron chi connectivity index (χ3n) is 4.80. The van der Waals surface area contributed by atoms with Crippen LogP contribution >= 0.6 is 0 Å². The SMILES string of the molecule is C=C1C(=O)N(c2cc(OC)c(OC)c(OC)c2)C1c1ccc(OC)c(NS(N)(=O)=O)c1. The third kappa shape index (κ3) is 4.09. The van der Waals surface area contributed by atoms with E-state index < -0.39 is 16.3 Å². The first-order chi connectivity index (χ1) is 14.6. The molecule has 0 aromatic heterocycles. The van der Waals surface area contributed by atoms with E-state index in [4.69, 9.17) is 24.1 Å². The fourth-order valence-electron chi connectivity index (χ4n) is 3.43. The normalized spacial score (nSPS) is 15.9. The molecule has 1 atom stereocenters. The van der Waals surface area contributed by atoms with Gasteiger partial charge < -0.3 is 18.9 Å². The van der Waals surface area contributed by atoms with E-state index in [-0.39, 0.29) is 17.3 Å². The molecule has 1 fully saturated rings. The molecule has 1 aliphatic rings. The van der Waals surface area contributed by atoms with Crippen molar-refractivity contribution >= 4 is 27.5 Å². The Kier molecular flexibility index (Phi) is 6.00. The molecule has 1 amide bonds. The van der Waals surface area contributed by atoms with Crippen LogP contribution in [0.5, 0.6) is 23.0 Å². The van der Waals surface area contributed by atoms with Gasteiger partial charge in [-0.2, -0.15) is 8.42 Å². The highest BCUT2D eigenvalue weighted by Gasteiger charge is 2.43. The predicted molar refractivity (Wildman–Crippen MR) is 115 cm³/mol. The molecule has 10 nitrogen and oxygen atoms in total. The largest absolute Gasteiger partial charge is 0.495 e. The van der Waals surface area contributed by atoms with Gasteiger partial charge in [0.05, 0.1) is 45.9 Å². The summed E-state index contributed by atoms with van der Waals surface area (Å²) in [5.41, 5.74) is 1.57. The van der Waals surface area contributed by atoms with Gasteiger partial charge in [0, 0.05) is 17.7 Å². The zero-order valence-corrected chi connectivity index (χ0v) is 18.3. The van der Waals surface area contributed by atoms with Gasteiger partial charge in [-0.3, -0.25) is 14.4 Å². The molecule has 3 N–H and O–H groups in total. The lowest BCUT2D eigenvalue weighted by molar-refractivity contribution is -0.118. The number of nitrogens with zero attached hydrogens (tertiary/aromatic N) is 1. The van der Waals surface area contributed by atoms with Crippen LogP contribution in [0.1, 0.15) is 11.6 Å². The molecule has 1 saturated heterocycles. The lowest BCUT2D eigenvalue weighted by Crippen LogP contribution is -2.48. The van der Waals surface area contributed by atoms with E-state index in [2.05, 4.69) is 11.3 Å². The average molecular weight is 449 g/mol. The van der Waals surface area contributed by atoms with Crippen LogP contribution in [0.4, 0.5) is 11.4 Å². The molecule has 1 aliphatic heterocycles. The second kappa shape index (κ2) is 8.36. The fourth-order valence-corrected chi connectivity index (χ4v) is 3.90. The van der Waals surface area contributed by atoms with Crippen molar-refractivity contribution in [3.8, 4) is 23.0 Å². The van der Waals surface area contributed by atoms with Gasteiger partial charge in [0.1, 0.15) is 5.75 Å². The summed E-state index contributed by atoms with van der Waals surface area (Å²) in [6.07, 6.45) is 0. The van der Waals surface area contributed by atoms with Crippen LogP contribution in [0.2, 0.25) is 0 Å². The molecule has 1 unspecified atom stereocenters. The highest BCUT2D eigenvalue weighted by atomic mass is 32.2. The Hall–Kier alpha value is -3.44. The van der Waals surface area contributed by atoms with E-state index in [1.54, 1.807) is 24.3 Å². The lowest BCUT2D eigenvalue weighted by atomic mass is 9.88. The van der Waals surface area contributed by atoms with Gasteiger partial charge >= 0.3 is 0 Å². The molecular formula is C20H23N3O7S. The van der Waals surface area contributed by atoms with Crippen molar-refractivity contribution in [3.63, 3.8) is 0 Å². The molecule has 0 spiro atoms. The third-order valence-corrected chi connectivity index (χ3v) is 5.31. The van der Waals surface area contributed by atoms with Crippen molar-refractivity contribution < 1.29 is 32.2 Å². The zero-order valence-electron chi connectivity index (χ0n) is 17.5. The molecule has 166 valence electrons. The molecule has 0 bridgehead atoms.